The molecular weight excluding hydrogens is 274 g/mol. The quantitative estimate of drug-likeness (QED) is 0.216. The Labute approximate surface area is 114 Å². The molecule has 0 aliphatic rings. The van der Waals surface area contributed by atoms with Gasteiger partial charge in [0.1, 0.15) is 17.1 Å². The summed E-state index contributed by atoms with van der Waals surface area (Å²) in [5, 5.41) is 42.5. The molecule has 0 radical (unpaired) electrons. The number of phenols is 2. The molecule has 6 N–H and O–H groups in total. The first-order chi connectivity index (χ1) is 9.52. The number of nitrogens with one attached hydrogen (secondary N) is 1. The second kappa shape index (κ2) is 11.0. The van der Waals surface area contributed by atoms with Gasteiger partial charge in [0.25, 0.3) is 0 Å². The van der Waals surface area contributed by atoms with E-state index < -0.39 is 5.97 Å². The summed E-state index contributed by atoms with van der Waals surface area (Å²) < 4.78 is 0. The number of carboxylic acid groups (broad SMARTS) is 1. The first-order valence-corrected chi connectivity index (χ1v) is 5.48. The number of phenolic OH excluding ortho intramolecular Hbond substituents is 1. The van der Waals surface area contributed by atoms with E-state index in [2.05, 4.69) is 15.3 Å². The van der Waals surface area contributed by atoms with Gasteiger partial charge < -0.3 is 25.5 Å². The highest BCUT2D eigenvalue weighted by Gasteiger charge is 2.08. The first kappa shape index (κ1) is 18.1. The molecule has 1 rings (SSSR count). The number of aliphatic hydroxyl groups excluding tert-OH is 2. The Hall–Kier alpha value is -1.91. The molecule has 9 nitrogen and oxygen atoms in total. The molecule has 0 spiro atoms. The van der Waals surface area contributed by atoms with Crippen molar-refractivity contribution in [2.75, 3.05) is 26.4 Å². The molecular formula is C11H17NO8. The third-order valence-electron chi connectivity index (χ3n) is 1.72. The van der Waals surface area contributed by atoms with Crippen LogP contribution in [0.1, 0.15) is 10.4 Å². The maximum absolute atomic E-state index is 10.3. The molecule has 1 aromatic carbocycles. The molecule has 1 aromatic rings. The SMILES string of the molecule is O=C(O)c1cc(O)ccc1O.OCCONOCCO. The highest BCUT2D eigenvalue weighted by molar-refractivity contribution is 5.91. The van der Waals surface area contributed by atoms with E-state index in [0.717, 1.165) is 12.1 Å². The van der Waals surface area contributed by atoms with E-state index in [1.54, 1.807) is 0 Å². The van der Waals surface area contributed by atoms with Crippen LogP contribution in [-0.4, -0.2) is 57.9 Å². The van der Waals surface area contributed by atoms with Gasteiger partial charge in [-0.25, -0.2) is 4.79 Å². The summed E-state index contributed by atoms with van der Waals surface area (Å²) in [6, 6.07) is 3.32. The predicted molar refractivity (Wildman–Crippen MR) is 65.9 cm³/mol. The van der Waals surface area contributed by atoms with E-state index in [1.807, 2.05) is 0 Å². The lowest BCUT2D eigenvalue weighted by molar-refractivity contribution is -0.178. The standard InChI is InChI=1S/C7H6O4.C4H11NO4/c8-4-1-2-6(9)5(3-4)7(10)11;6-1-3-8-5-9-4-2-7/h1-3,8-9H,(H,10,11);5-7H,1-4H2. The zero-order valence-corrected chi connectivity index (χ0v) is 10.5. The van der Waals surface area contributed by atoms with Gasteiger partial charge in [-0.2, -0.15) is 0 Å². The number of aliphatic hydroxyl groups is 2. The van der Waals surface area contributed by atoms with Gasteiger partial charge in [-0.15, -0.1) is 0 Å². The van der Waals surface area contributed by atoms with Crippen LogP contribution in [0.2, 0.25) is 0 Å². The van der Waals surface area contributed by atoms with Gasteiger partial charge in [0.15, 0.2) is 0 Å². The largest absolute Gasteiger partial charge is 0.508 e. The van der Waals surface area contributed by atoms with Gasteiger partial charge in [-0.1, -0.05) is 5.64 Å². The van der Waals surface area contributed by atoms with Crippen LogP contribution in [0.4, 0.5) is 0 Å². The van der Waals surface area contributed by atoms with Crippen LogP contribution in [-0.2, 0) is 9.68 Å². The fraction of sp³-hybridized carbons (Fsp3) is 0.364. The monoisotopic (exact) mass is 291 g/mol. The maximum Gasteiger partial charge on any atom is 0.339 e. The normalized spacial score (nSPS) is 9.70. The summed E-state index contributed by atoms with van der Waals surface area (Å²) in [6.45, 7) is 0.224. The molecule has 0 amide bonds. The van der Waals surface area contributed by atoms with Crippen molar-refractivity contribution >= 4 is 5.97 Å². The summed E-state index contributed by atoms with van der Waals surface area (Å²) in [5.41, 5.74) is 1.77. The van der Waals surface area contributed by atoms with Crippen molar-refractivity contribution in [1.29, 1.82) is 0 Å². The molecule has 0 unspecified atom stereocenters. The Morgan fingerprint density at radius 3 is 2.05 bits per heavy atom. The number of aromatic hydroxyl groups is 2. The van der Waals surface area contributed by atoms with Crippen molar-refractivity contribution in [3.05, 3.63) is 23.8 Å². The highest BCUT2D eigenvalue weighted by Crippen LogP contribution is 2.21. The van der Waals surface area contributed by atoms with Crippen LogP contribution in [0.3, 0.4) is 0 Å². The number of carboxylic acids is 1. The number of hydrogen-bond donors (Lipinski definition) is 6. The number of hydrogen-bond acceptors (Lipinski definition) is 8. The molecule has 0 bridgehead atoms. The summed E-state index contributed by atoms with van der Waals surface area (Å²) in [7, 11) is 0. The van der Waals surface area contributed by atoms with Gasteiger partial charge in [0.2, 0.25) is 0 Å². The van der Waals surface area contributed by atoms with Crippen LogP contribution in [0.15, 0.2) is 18.2 Å². The maximum atomic E-state index is 10.3. The van der Waals surface area contributed by atoms with Crippen LogP contribution >= 0.6 is 0 Å². The van der Waals surface area contributed by atoms with Crippen LogP contribution in [0, 0.1) is 0 Å². The van der Waals surface area contributed by atoms with E-state index in [9.17, 15) is 4.79 Å². The Bertz CT molecular complexity index is 392. The Morgan fingerprint density at radius 2 is 1.65 bits per heavy atom. The topological polar surface area (TPSA) is 149 Å². The molecule has 0 saturated carbocycles. The third-order valence-corrected chi connectivity index (χ3v) is 1.72. The molecule has 0 heterocycles. The van der Waals surface area contributed by atoms with E-state index in [0.29, 0.717) is 0 Å². The first-order valence-electron chi connectivity index (χ1n) is 5.48. The summed E-state index contributed by atoms with van der Waals surface area (Å²) in [5.74, 6) is -1.80. The second-order valence-corrected chi connectivity index (χ2v) is 3.23. The minimum Gasteiger partial charge on any atom is -0.508 e. The van der Waals surface area contributed by atoms with Crippen molar-refractivity contribution < 1.29 is 40.0 Å². The van der Waals surface area contributed by atoms with Crippen LogP contribution < -0.4 is 5.64 Å². The van der Waals surface area contributed by atoms with Gasteiger partial charge in [0.05, 0.1) is 26.4 Å². The average molecular weight is 291 g/mol. The number of rotatable bonds is 7. The third kappa shape index (κ3) is 8.24. The summed E-state index contributed by atoms with van der Waals surface area (Å²) in [6.07, 6.45) is 0. The van der Waals surface area contributed by atoms with Crippen molar-refractivity contribution in [1.82, 2.24) is 5.64 Å². The van der Waals surface area contributed by atoms with Gasteiger partial charge >= 0.3 is 5.97 Å². The summed E-state index contributed by atoms with van der Waals surface area (Å²) in [4.78, 5) is 19.2. The Balaban J connectivity index is 0.000000370. The summed E-state index contributed by atoms with van der Waals surface area (Å²) >= 11 is 0. The molecule has 0 fully saturated rings. The lowest BCUT2D eigenvalue weighted by Crippen LogP contribution is -2.19. The highest BCUT2D eigenvalue weighted by atomic mass is 16.9. The Kier molecular flexibility index (Phi) is 9.92. The zero-order valence-electron chi connectivity index (χ0n) is 10.5. The minimum atomic E-state index is -1.27. The number of carbonyl (C=O) groups is 1. The number of benzene rings is 1. The average Bonchev–Trinajstić information content (AvgIpc) is 2.42. The fourth-order valence-electron chi connectivity index (χ4n) is 0.912. The van der Waals surface area contributed by atoms with E-state index in [4.69, 9.17) is 25.5 Å². The molecule has 114 valence electrons. The van der Waals surface area contributed by atoms with Gasteiger partial charge in [0, 0.05) is 0 Å². The molecule has 0 aliphatic carbocycles. The molecule has 0 aliphatic heterocycles. The van der Waals surface area contributed by atoms with Crippen LogP contribution in [0.25, 0.3) is 0 Å². The smallest absolute Gasteiger partial charge is 0.339 e. The van der Waals surface area contributed by atoms with Crippen molar-refractivity contribution in [2.45, 2.75) is 0 Å². The van der Waals surface area contributed by atoms with Gasteiger partial charge in [-0.05, 0) is 18.2 Å². The fourth-order valence-corrected chi connectivity index (χ4v) is 0.912. The molecule has 0 aromatic heterocycles. The second-order valence-electron chi connectivity index (χ2n) is 3.23. The lowest BCUT2D eigenvalue weighted by Gasteiger charge is -2.01. The molecule has 0 atom stereocenters. The molecule has 0 saturated heterocycles. The Morgan fingerprint density at radius 1 is 1.10 bits per heavy atom. The van der Waals surface area contributed by atoms with E-state index in [-0.39, 0.29) is 43.5 Å². The van der Waals surface area contributed by atoms with Crippen molar-refractivity contribution in [3.63, 3.8) is 0 Å². The lowest BCUT2D eigenvalue weighted by atomic mass is 10.2. The van der Waals surface area contributed by atoms with Crippen molar-refractivity contribution in [2.24, 2.45) is 0 Å². The number of aromatic carboxylic acids is 1. The molecule has 9 heteroatoms. The van der Waals surface area contributed by atoms with E-state index in [1.165, 1.54) is 6.07 Å². The zero-order chi connectivity index (χ0) is 15.4. The van der Waals surface area contributed by atoms with Gasteiger partial charge in [-0.3, -0.25) is 9.68 Å². The minimum absolute atomic E-state index is 0.0600. The van der Waals surface area contributed by atoms with Crippen LogP contribution in [0.5, 0.6) is 11.5 Å². The van der Waals surface area contributed by atoms with E-state index >= 15 is 0 Å². The predicted octanol–water partition coefficient (Wildman–Crippen LogP) is -0.780. The molecule has 20 heavy (non-hydrogen) atoms. The van der Waals surface area contributed by atoms with Crippen molar-refractivity contribution in [3.8, 4) is 11.5 Å².